The second-order valence-corrected chi connectivity index (χ2v) is 7.50. The molecule has 1 saturated heterocycles. The highest BCUT2D eigenvalue weighted by Crippen LogP contribution is 2.33. The van der Waals surface area contributed by atoms with E-state index in [-0.39, 0.29) is 17.2 Å². The van der Waals surface area contributed by atoms with Gasteiger partial charge in [0.1, 0.15) is 16.1 Å². The first-order valence-corrected chi connectivity index (χ1v) is 9.55. The van der Waals surface area contributed by atoms with E-state index in [1.807, 2.05) is 31.2 Å². The van der Waals surface area contributed by atoms with Crippen LogP contribution in [0, 0.1) is 6.92 Å². The molecule has 0 spiro atoms. The van der Waals surface area contributed by atoms with Crippen LogP contribution in [0.15, 0.2) is 24.3 Å². The molecule has 1 unspecified atom stereocenters. The van der Waals surface area contributed by atoms with Crippen LogP contribution in [0.5, 0.6) is 0 Å². The minimum absolute atomic E-state index is 0.0180. The SMILES string of the molecule is Cc1ccc(-c2nc(C(=O)OC3CCCN(C(N)=O)C3)c(NC(N)=O)s2)cc1. The molecule has 1 fully saturated rings. The van der Waals surface area contributed by atoms with E-state index in [9.17, 15) is 14.4 Å². The number of urea groups is 2. The molecule has 0 saturated carbocycles. The Hall–Kier alpha value is -3.14. The molecule has 5 N–H and O–H groups in total. The second kappa shape index (κ2) is 8.26. The van der Waals surface area contributed by atoms with Crippen molar-refractivity contribution in [3.8, 4) is 10.6 Å². The van der Waals surface area contributed by atoms with Crippen LogP contribution in [0.3, 0.4) is 0 Å². The third-order valence-corrected chi connectivity index (χ3v) is 5.34. The highest BCUT2D eigenvalue weighted by Gasteiger charge is 2.28. The lowest BCUT2D eigenvalue weighted by Gasteiger charge is -2.30. The van der Waals surface area contributed by atoms with Gasteiger partial charge in [0, 0.05) is 12.1 Å². The van der Waals surface area contributed by atoms with E-state index in [1.165, 1.54) is 4.90 Å². The molecular formula is C18H21N5O4S. The Balaban J connectivity index is 1.82. The molecule has 1 atom stereocenters. The Bertz CT molecular complexity index is 896. The van der Waals surface area contributed by atoms with Crippen molar-refractivity contribution in [2.24, 2.45) is 11.5 Å². The number of piperidine rings is 1. The van der Waals surface area contributed by atoms with Crippen LogP contribution >= 0.6 is 11.3 Å². The van der Waals surface area contributed by atoms with E-state index in [0.717, 1.165) is 22.5 Å². The van der Waals surface area contributed by atoms with Gasteiger partial charge in [-0.1, -0.05) is 41.2 Å². The van der Waals surface area contributed by atoms with Gasteiger partial charge < -0.3 is 21.1 Å². The van der Waals surface area contributed by atoms with E-state index >= 15 is 0 Å². The number of rotatable bonds is 4. The smallest absolute Gasteiger partial charge is 0.360 e. The number of thiazole rings is 1. The summed E-state index contributed by atoms with van der Waals surface area (Å²) in [5.41, 5.74) is 12.4. The van der Waals surface area contributed by atoms with Crippen LogP contribution in [0.4, 0.5) is 14.6 Å². The zero-order chi connectivity index (χ0) is 20.3. The van der Waals surface area contributed by atoms with E-state index in [0.29, 0.717) is 24.4 Å². The van der Waals surface area contributed by atoms with E-state index in [2.05, 4.69) is 10.3 Å². The van der Waals surface area contributed by atoms with Gasteiger partial charge in [-0.2, -0.15) is 0 Å². The average Bonchev–Trinajstić information content (AvgIpc) is 3.05. The number of aryl methyl sites for hydroxylation is 1. The number of primary amides is 2. The number of hydrogen-bond donors (Lipinski definition) is 3. The molecule has 2 heterocycles. The maximum absolute atomic E-state index is 12.7. The summed E-state index contributed by atoms with van der Waals surface area (Å²) < 4.78 is 5.51. The predicted octanol–water partition coefficient (Wildman–Crippen LogP) is 2.31. The largest absolute Gasteiger partial charge is 0.456 e. The molecule has 10 heteroatoms. The lowest BCUT2D eigenvalue weighted by Crippen LogP contribution is -2.46. The Morgan fingerprint density at radius 2 is 1.96 bits per heavy atom. The Kier molecular flexibility index (Phi) is 5.78. The summed E-state index contributed by atoms with van der Waals surface area (Å²) in [4.78, 5) is 41.1. The first kappa shape index (κ1) is 19.6. The van der Waals surface area contributed by atoms with Crippen LogP contribution in [0.1, 0.15) is 28.9 Å². The van der Waals surface area contributed by atoms with Crippen molar-refractivity contribution in [1.82, 2.24) is 9.88 Å². The third kappa shape index (κ3) is 4.58. The molecule has 28 heavy (non-hydrogen) atoms. The van der Waals surface area contributed by atoms with Crippen LogP contribution in [0.25, 0.3) is 10.6 Å². The van der Waals surface area contributed by atoms with Gasteiger partial charge >= 0.3 is 18.0 Å². The van der Waals surface area contributed by atoms with Gasteiger partial charge in [-0.25, -0.2) is 19.4 Å². The fourth-order valence-corrected chi connectivity index (χ4v) is 3.88. The van der Waals surface area contributed by atoms with Gasteiger partial charge in [-0.15, -0.1) is 0 Å². The highest BCUT2D eigenvalue weighted by molar-refractivity contribution is 7.19. The zero-order valence-corrected chi connectivity index (χ0v) is 16.1. The number of esters is 1. The van der Waals surface area contributed by atoms with Gasteiger partial charge in [0.15, 0.2) is 5.69 Å². The maximum Gasteiger partial charge on any atom is 0.360 e. The average molecular weight is 403 g/mol. The summed E-state index contributed by atoms with van der Waals surface area (Å²) in [6, 6.07) is 6.26. The van der Waals surface area contributed by atoms with E-state index in [4.69, 9.17) is 16.2 Å². The molecule has 0 bridgehead atoms. The standard InChI is InChI=1S/C18H21N5O4S/c1-10-4-6-11(7-5-10)14-21-13(15(28-14)22-17(19)25)16(24)27-12-3-2-8-23(9-12)18(20)26/h4-7,12H,2-3,8-9H2,1H3,(H2,20,26)(H3,19,22,25). The summed E-state index contributed by atoms with van der Waals surface area (Å²) in [5, 5.41) is 3.20. The summed E-state index contributed by atoms with van der Waals surface area (Å²) in [6.45, 7) is 2.73. The topological polar surface area (TPSA) is 141 Å². The van der Waals surface area contributed by atoms with Crippen LogP contribution < -0.4 is 16.8 Å². The number of likely N-dealkylation sites (tertiary alicyclic amines) is 1. The Morgan fingerprint density at radius 1 is 1.25 bits per heavy atom. The normalized spacial score (nSPS) is 16.5. The van der Waals surface area contributed by atoms with Crippen molar-refractivity contribution in [1.29, 1.82) is 0 Å². The number of anilines is 1. The van der Waals surface area contributed by atoms with Crippen molar-refractivity contribution in [3.63, 3.8) is 0 Å². The monoisotopic (exact) mass is 403 g/mol. The second-order valence-electron chi connectivity index (χ2n) is 6.51. The van der Waals surface area contributed by atoms with Crippen molar-refractivity contribution in [3.05, 3.63) is 35.5 Å². The first-order valence-electron chi connectivity index (χ1n) is 8.73. The lowest BCUT2D eigenvalue weighted by atomic mass is 10.1. The van der Waals surface area contributed by atoms with E-state index < -0.39 is 24.1 Å². The zero-order valence-electron chi connectivity index (χ0n) is 15.3. The third-order valence-electron chi connectivity index (χ3n) is 4.32. The number of benzene rings is 1. The van der Waals surface area contributed by atoms with Crippen LogP contribution in [-0.4, -0.2) is 47.1 Å². The number of ether oxygens (including phenoxy) is 1. The minimum atomic E-state index is -0.800. The fourth-order valence-electron chi connectivity index (χ4n) is 2.92. The maximum atomic E-state index is 12.7. The van der Waals surface area contributed by atoms with Gasteiger partial charge in [0.05, 0.1) is 6.54 Å². The van der Waals surface area contributed by atoms with Crippen molar-refractivity contribution in [2.45, 2.75) is 25.9 Å². The van der Waals surface area contributed by atoms with Crippen molar-refractivity contribution < 1.29 is 19.1 Å². The molecule has 148 valence electrons. The lowest BCUT2D eigenvalue weighted by molar-refractivity contribution is 0.0124. The summed E-state index contributed by atoms with van der Waals surface area (Å²) in [7, 11) is 0. The van der Waals surface area contributed by atoms with Gasteiger partial charge in [-0.05, 0) is 19.8 Å². The number of carbonyl (C=O) groups is 3. The van der Waals surface area contributed by atoms with Gasteiger partial charge in [0.2, 0.25) is 0 Å². The van der Waals surface area contributed by atoms with Crippen molar-refractivity contribution >= 4 is 34.4 Å². The molecule has 1 aliphatic heterocycles. The molecule has 3 rings (SSSR count). The molecule has 1 aliphatic rings. The predicted molar refractivity (Wildman–Crippen MR) is 105 cm³/mol. The minimum Gasteiger partial charge on any atom is -0.456 e. The number of nitrogens with one attached hydrogen (secondary N) is 1. The number of nitrogens with zero attached hydrogens (tertiary/aromatic N) is 2. The molecule has 0 aliphatic carbocycles. The molecule has 0 radical (unpaired) electrons. The van der Waals surface area contributed by atoms with Crippen LogP contribution in [-0.2, 0) is 4.74 Å². The summed E-state index contributed by atoms with van der Waals surface area (Å²) in [6.07, 6.45) is 0.807. The van der Waals surface area contributed by atoms with Crippen molar-refractivity contribution in [2.75, 3.05) is 18.4 Å². The summed E-state index contributed by atoms with van der Waals surface area (Å²) >= 11 is 1.13. The fraction of sp³-hybridized carbons (Fsp3) is 0.333. The molecular weight excluding hydrogens is 382 g/mol. The highest BCUT2D eigenvalue weighted by atomic mass is 32.1. The summed E-state index contributed by atoms with van der Waals surface area (Å²) in [5.74, 6) is -0.685. The molecule has 1 aromatic heterocycles. The number of nitrogens with two attached hydrogens (primary N) is 2. The quantitative estimate of drug-likeness (QED) is 0.672. The Morgan fingerprint density at radius 3 is 2.61 bits per heavy atom. The Labute approximate surface area is 165 Å². The molecule has 4 amide bonds. The number of carbonyl (C=O) groups excluding carboxylic acids is 3. The molecule has 9 nitrogen and oxygen atoms in total. The molecule has 1 aromatic carbocycles. The van der Waals surface area contributed by atoms with E-state index in [1.54, 1.807) is 0 Å². The van der Waals surface area contributed by atoms with Gasteiger partial charge in [-0.3, -0.25) is 5.32 Å². The molecule has 2 aromatic rings. The number of hydrogen-bond acceptors (Lipinski definition) is 6. The first-order chi connectivity index (χ1) is 13.3. The number of amides is 4. The number of aromatic nitrogens is 1. The van der Waals surface area contributed by atoms with Gasteiger partial charge in [0.25, 0.3) is 0 Å². The van der Waals surface area contributed by atoms with Crippen LogP contribution in [0.2, 0.25) is 0 Å².